The lowest BCUT2D eigenvalue weighted by molar-refractivity contribution is -0.208. The number of para-hydroxylation sites is 1. The summed E-state index contributed by atoms with van der Waals surface area (Å²) >= 11 is 1.39. The lowest BCUT2D eigenvalue weighted by atomic mass is 9.99. The van der Waals surface area contributed by atoms with Crippen LogP contribution < -0.4 is 10.2 Å². The van der Waals surface area contributed by atoms with E-state index in [-0.39, 0.29) is 18.9 Å². The van der Waals surface area contributed by atoms with Gasteiger partial charge < -0.3 is 14.5 Å². The van der Waals surface area contributed by atoms with Crippen LogP contribution in [-0.4, -0.2) is 56.9 Å². The Hall–Kier alpha value is -3.80. The Labute approximate surface area is 233 Å². The summed E-state index contributed by atoms with van der Waals surface area (Å²) in [5, 5.41) is 1.00. The van der Waals surface area contributed by atoms with E-state index in [2.05, 4.69) is 9.82 Å². The van der Waals surface area contributed by atoms with Crippen LogP contribution >= 0.6 is 11.8 Å². The number of pyridine rings is 1. The fourth-order valence-electron chi connectivity index (χ4n) is 4.58. The number of thioether (sulfide) groups is 1. The minimum Gasteiger partial charge on any atom is -0.489 e. The Morgan fingerprint density at radius 2 is 1.82 bits per heavy atom. The lowest BCUT2D eigenvalue weighted by Crippen LogP contribution is -2.62. The minimum atomic E-state index is -5.26. The van der Waals surface area contributed by atoms with Gasteiger partial charge in [0, 0.05) is 33.7 Å². The van der Waals surface area contributed by atoms with Crippen LogP contribution in [0.25, 0.3) is 10.9 Å². The van der Waals surface area contributed by atoms with Gasteiger partial charge in [-0.25, -0.2) is 4.79 Å². The Kier molecular flexibility index (Phi) is 8.57. The number of halogens is 3. The fourth-order valence-corrected chi connectivity index (χ4v) is 5.79. The maximum absolute atomic E-state index is 13.2. The Balaban J connectivity index is 1.40. The molecule has 212 valence electrons. The number of amides is 2. The number of fused-ring (bicyclic) bond motifs is 1. The van der Waals surface area contributed by atoms with Gasteiger partial charge >= 0.3 is 12.1 Å². The van der Waals surface area contributed by atoms with Gasteiger partial charge in [-0.15, -0.1) is 0 Å². The van der Waals surface area contributed by atoms with E-state index in [1.54, 1.807) is 43.6 Å². The van der Waals surface area contributed by atoms with Crippen LogP contribution in [0.3, 0.4) is 0 Å². The molecule has 1 aromatic heterocycles. The molecule has 0 radical (unpaired) electrons. The van der Waals surface area contributed by atoms with Gasteiger partial charge in [-0.1, -0.05) is 30.3 Å². The highest BCUT2D eigenvalue weighted by molar-refractivity contribution is 8.00. The van der Waals surface area contributed by atoms with Gasteiger partial charge in [0.1, 0.15) is 18.4 Å². The lowest BCUT2D eigenvalue weighted by Gasteiger charge is -2.44. The van der Waals surface area contributed by atoms with E-state index in [1.165, 1.54) is 16.7 Å². The number of rotatable bonds is 6. The summed E-state index contributed by atoms with van der Waals surface area (Å²) in [5.41, 5.74) is 5.02. The number of aromatic nitrogens is 1. The summed E-state index contributed by atoms with van der Waals surface area (Å²) in [4.78, 5) is 46.8. The molecular formula is C28H28F3N3O5S. The summed E-state index contributed by atoms with van der Waals surface area (Å²) in [6, 6.07) is 15.6. The zero-order chi connectivity index (χ0) is 29.1. The summed E-state index contributed by atoms with van der Waals surface area (Å²) in [7, 11) is 0. The van der Waals surface area contributed by atoms with Crippen molar-refractivity contribution in [3.05, 3.63) is 71.4 Å². The van der Waals surface area contributed by atoms with Crippen LogP contribution in [0.1, 0.15) is 30.7 Å². The number of ether oxygens (including phenoxy) is 1. The van der Waals surface area contributed by atoms with Crippen LogP contribution in [-0.2, 0) is 32.2 Å². The molecule has 0 aliphatic carbocycles. The standard InChI is InChI=1S/C28H28F3N3O5S/c1-17-14-19(21-6-4-5-7-22(21)32-17)16-38-20-10-8-18(9-11-20)15-23(35)34-12-13-40-27(2,3)24(34)25(36)33-39-26(37)28(29,30)31/h4-11,14,24H,12-13,15-16H2,1-3H3,(H,33,36)/t24-/m0/s1. The number of hydrogen-bond donors (Lipinski definition) is 1. The van der Waals surface area contributed by atoms with Crippen molar-refractivity contribution < 1.29 is 37.1 Å². The second-order valence-corrected chi connectivity index (χ2v) is 11.6. The van der Waals surface area contributed by atoms with E-state index < -0.39 is 28.8 Å². The molecule has 2 heterocycles. The molecule has 1 saturated heterocycles. The first-order valence-electron chi connectivity index (χ1n) is 12.4. The zero-order valence-electron chi connectivity index (χ0n) is 22.1. The summed E-state index contributed by atoms with van der Waals surface area (Å²) in [5.74, 6) is -2.81. The highest BCUT2D eigenvalue weighted by atomic mass is 32.2. The minimum absolute atomic E-state index is 0.0403. The molecule has 1 aliphatic rings. The van der Waals surface area contributed by atoms with E-state index in [1.807, 2.05) is 37.3 Å². The van der Waals surface area contributed by atoms with Gasteiger partial charge in [-0.3, -0.25) is 14.6 Å². The monoisotopic (exact) mass is 575 g/mol. The van der Waals surface area contributed by atoms with Crippen molar-refractivity contribution in [2.45, 2.75) is 50.8 Å². The summed E-state index contributed by atoms with van der Waals surface area (Å²) < 4.78 is 42.6. The van der Waals surface area contributed by atoms with Gasteiger partial charge in [-0.05, 0) is 50.6 Å². The Bertz CT molecular complexity index is 1410. The molecule has 3 aromatic rings. The van der Waals surface area contributed by atoms with E-state index in [9.17, 15) is 27.6 Å². The fraction of sp³-hybridized carbons (Fsp3) is 0.357. The van der Waals surface area contributed by atoms with Crippen molar-refractivity contribution in [1.82, 2.24) is 15.4 Å². The molecule has 12 heteroatoms. The number of hydroxylamine groups is 1. The predicted molar refractivity (Wildman–Crippen MR) is 143 cm³/mol. The molecule has 1 atom stereocenters. The molecule has 0 spiro atoms. The molecule has 1 aliphatic heterocycles. The first-order chi connectivity index (χ1) is 18.8. The van der Waals surface area contributed by atoms with Crippen LogP contribution in [0.2, 0.25) is 0 Å². The van der Waals surface area contributed by atoms with Gasteiger partial charge in [0.2, 0.25) is 5.91 Å². The van der Waals surface area contributed by atoms with Crippen molar-refractivity contribution in [1.29, 1.82) is 0 Å². The second-order valence-electron chi connectivity index (χ2n) is 9.84. The maximum Gasteiger partial charge on any atom is 0.493 e. The molecule has 40 heavy (non-hydrogen) atoms. The third-order valence-electron chi connectivity index (χ3n) is 6.42. The normalized spacial score (nSPS) is 16.9. The van der Waals surface area contributed by atoms with E-state index in [0.29, 0.717) is 23.7 Å². The smallest absolute Gasteiger partial charge is 0.489 e. The van der Waals surface area contributed by atoms with Crippen molar-refractivity contribution in [3.63, 3.8) is 0 Å². The molecule has 8 nitrogen and oxygen atoms in total. The van der Waals surface area contributed by atoms with Crippen LogP contribution in [0, 0.1) is 6.92 Å². The quantitative estimate of drug-likeness (QED) is 0.432. The van der Waals surface area contributed by atoms with Gasteiger partial charge in [-0.2, -0.15) is 30.4 Å². The first kappa shape index (κ1) is 29.2. The largest absolute Gasteiger partial charge is 0.493 e. The highest BCUT2D eigenvalue weighted by Crippen LogP contribution is 2.36. The molecular weight excluding hydrogens is 547 g/mol. The number of alkyl halides is 3. The third-order valence-corrected chi connectivity index (χ3v) is 7.78. The molecule has 1 N–H and O–H groups in total. The molecule has 1 fully saturated rings. The topological polar surface area (TPSA) is 97.8 Å². The molecule has 0 unspecified atom stereocenters. The number of nitrogens with one attached hydrogen (secondary N) is 1. The number of hydrogen-bond acceptors (Lipinski definition) is 7. The number of benzene rings is 2. The average Bonchev–Trinajstić information content (AvgIpc) is 2.89. The highest BCUT2D eigenvalue weighted by Gasteiger charge is 2.47. The van der Waals surface area contributed by atoms with Crippen molar-refractivity contribution in [3.8, 4) is 5.75 Å². The Morgan fingerprint density at radius 3 is 2.52 bits per heavy atom. The number of nitrogens with zero attached hydrogens (tertiary/aromatic N) is 2. The van der Waals surface area contributed by atoms with E-state index in [0.717, 1.165) is 22.2 Å². The molecule has 2 aromatic carbocycles. The predicted octanol–water partition coefficient (Wildman–Crippen LogP) is 4.52. The number of carbonyl (C=O) groups excluding carboxylic acids is 3. The van der Waals surface area contributed by atoms with Crippen molar-refractivity contribution in [2.24, 2.45) is 0 Å². The molecule has 0 bridgehead atoms. The number of aryl methyl sites for hydroxylation is 1. The SMILES string of the molecule is Cc1cc(COc2ccc(CC(=O)N3CCSC(C)(C)[C@@H]3C(=O)NOC(=O)C(F)(F)F)cc2)c2ccccc2n1. The Morgan fingerprint density at radius 1 is 1.12 bits per heavy atom. The van der Waals surface area contributed by atoms with Crippen molar-refractivity contribution >= 4 is 40.4 Å². The van der Waals surface area contributed by atoms with Crippen LogP contribution in [0.4, 0.5) is 13.2 Å². The van der Waals surface area contributed by atoms with E-state index in [4.69, 9.17) is 4.74 Å². The van der Waals surface area contributed by atoms with Crippen molar-refractivity contribution in [2.75, 3.05) is 12.3 Å². The van der Waals surface area contributed by atoms with Gasteiger partial charge in [0.15, 0.2) is 0 Å². The molecule has 4 rings (SSSR count). The zero-order valence-corrected chi connectivity index (χ0v) is 22.9. The third kappa shape index (κ3) is 6.85. The second kappa shape index (κ2) is 11.7. The van der Waals surface area contributed by atoms with E-state index >= 15 is 0 Å². The maximum atomic E-state index is 13.2. The van der Waals surface area contributed by atoms with Gasteiger partial charge in [0.25, 0.3) is 5.91 Å². The van der Waals surface area contributed by atoms with Crippen LogP contribution in [0.5, 0.6) is 5.75 Å². The molecule has 2 amide bonds. The van der Waals surface area contributed by atoms with Crippen LogP contribution in [0.15, 0.2) is 54.6 Å². The number of carbonyl (C=O) groups is 3. The summed E-state index contributed by atoms with van der Waals surface area (Å²) in [6.07, 6.45) is -5.30. The summed E-state index contributed by atoms with van der Waals surface area (Å²) in [6.45, 7) is 5.86. The first-order valence-corrected chi connectivity index (χ1v) is 13.4. The van der Waals surface area contributed by atoms with Gasteiger partial charge in [0.05, 0.1) is 11.9 Å². The molecule has 0 saturated carbocycles. The average molecular weight is 576 g/mol.